The third-order valence-corrected chi connectivity index (χ3v) is 5.94. The maximum absolute atomic E-state index is 13.7. The Balaban J connectivity index is 1.50. The van der Waals surface area contributed by atoms with Gasteiger partial charge in [0.15, 0.2) is 6.04 Å². The quantitative estimate of drug-likeness (QED) is 0.652. The number of carbonyl (C=O) groups is 2. The topological polar surface area (TPSA) is 84.4 Å². The van der Waals surface area contributed by atoms with Gasteiger partial charge in [-0.3, -0.25) is 14.6 Å². The zero-order valence-electron chi connectivity index (χ0n) is 17.2. The zero-order chi connectivity index (χ0) is 23.2. The molecule has 1 unspecified atom stereocenters. The highest BCUT2D eigenvalue weighted by Crippen LogP contribution is 2.36. The molecule has 2 saturated heterocycles. The van der Waals surface area contributed by atoms with Crippen molar-refractivity contribution in [1.29, 1.82) is 0 Å². The monoisotopic (exact) mass is 456 g/mol. The van der Waals surface area contributed by atoms with Crippen LogP contribution in [-0.4, -0.2) is 58.2 Å². The molecule has 2 amide bonds. The van der Waals surface area contributed by atoms with Crippen LogP contribution in [0, 0.1) is 0 Å². The van der Waals surface area contributed by atoms with Gasteiger partial charge in [-0.15, -0.1) is 0 Å². The van der Waals surface area contributed by atoms with E-state index in [1.54, 1.807) is 35.2 Å². The third-order valence-electron chi connectivity index (χ3n) is 5.94. The number of halogens is 3. The highest BCUT2D eigenvalue weighted by atomic mass is 19.4. The maximum atomic E-state index is 13.7. The van der Waals surface area contributed by atoms with Crippen LogP contribution in [0.25, 0.3) is 11.1 Å². The highest BCUT2D eigenvalue weighted by Gasteiger charge is 2.45. The fraction of sp³-hybridized carbons (Fsp3) is 0.304. The van der Waals surface area contributed by atoms with Crippen molar-refractivity contribution in [1.82, 2.24) is 20.2 Å². The number of fused-ring (bicyclic) bond motifs is 3. The van der Waals surface area contributed by atoms with Gasteiger partial charge in [-0.25, -0.2) is 4.98 Å². The zero-order valence-corrected chi connectivity index (χ0v) is 17.2. The van der Waals surface area contributed by atoms with Gasteiger partial charge in [-0.2, -0.15) is 13.2 Å². The van der Waals surface area contributed by atoms with Crippen LogP contribution in [0.2, 0.25) is 0 Å². The number of carbonyl (C=O) groups excluding carboxylic acids is 2. The molecule has 0 saturated carbocycles. The minimum atomic E-state index is -4.77. The molecule has 5 rings (SSSR count). The van der Waals surface area contributed by atoms with E-state index in [4.69, 9.17) is 4.74 Å². The molecule has 1 N–H and O–H groups in total. The number of ether oxygens (including phenoxy) is 1. The Labute approximate surface area is 186 Å². The lowest BCUT2D eigenvalue weighted by Gasteiger charge is -2.26. The fourth-order valence-electron chi connectivity index (χ4n) is 4.38. The summed E-state index contributed by atoms with van der Waals surface area (Å²) in [6.45, 7) is 0.863. The molecule has 7 nitrogen and oxygen atoms in total. The number of likely N-dealkylation sites (tertiary alicyclic amines) is 1. The van der Waals surface area contributed by atoms with E-state index >= 15 is 0 Å². The molecule has 1 aliphatic carbocycles. The third kappa shape index (κ3) is 3.91. The van der Waals surface area contributed by atoms with Gasteiger partial charge in [0.1, 0.15) is 11.4 Å². The summed E-state index contributed by atoms with van der Waals surface area (Å²) >= 11 is 0. The molecule has 3 atom stereocenters. The highest BCUT2D eigenvalue weighted by molar-refractivity contribution is 6.07. The first-order valence-corrected chi connectivity index (χ1v) is 10.4. The first-order valence-electron chi connectivity index (χ1n) is 10.4. The van der Waals surface area contributed by atoms with Crippen LogP contribution in [0.5, 0.6) is 0 Å². The van der Waals surface area contributed by atoms with Gasteiger partial charge in [-0.1, -0.05) is 36.4 Å². The average Bonchev–Trinajstić information content (AvgIpc) is 3.47. The summed E-state index contributed by atoms with van der Waals surface area (Å²) in [5.74, 6) is -1.40. The number of alkyl halides is 3. The molecule has 2 bridgehead atoms. The molecule has 0 aromatic carbocycles. The summed E-state index contributed by atoms with van der Waals surface area (Å²) < 4.78 is 46.7. The second-order valence-electron chi connectivity index (χ2n) is 8.05. The second kappa shape index (κ2) is 8.11. The van der Waals surface area contributed by atoms with Crippen molar-refractivity contribution in [3.63, 3.8) is 0 Å². The maximum Gasteiger partial charge on any atom is 0.414 e. The molecule has 0 radical (unpaired) electrons. The van der Waals surface area contributed by atoms with E-state index in [2.05, 4.69) is 9.97 Å². The van der Waals surface area contributed by atoms with Gasteiger partial charge >= 0.3 is 6.18 Å². The predicted octanol–water partition coefficient (Wildman–Crippen LogP) is 3.23. The van der Waals surface area contributed by atoms with Gasteiger partial charge < -0.3 is 15.0 Å². The van der Waals surface area contributed by atoms with Crippen LogP contribution in [0.3, 0.4) is 0 Å². The van der Waals surface area contributed by atoms with Crippen LogP contribution in [0.4, 0.5) is 13.2 Å². The molecule has 2 fully saturated rings. The number of hydrogen-bond acceptors (Lipinski definition) is 5. The summed E-state index contributed by atoms with van der Waals surface area (Å²) in [4.78, 5) is 36.0. The molecule has 4 aliphatic rings. The Kier molecular flexibility index (Phi) is 5.24. The predicted molar refractivity (Wildman–Crippen MR) is 111 cm³/mol. The summed E-state index contributed by atoms with van der Waals surface area (Å²) in [7, 11) is 0. The summed E-state index contributed by atoms with van der Waals surface area (Å²) in [5.41, 5.74) is 0.156. The van der Waals surface area contributed by atoms with Crippen LogP contribution in [0.1, 0.15) is 39.1 Å². The lowest BCUT2D eigenvalue weighted by molar-refractivity contribution is -0.156. The van der Waals surface area contributed by atoms with Crippen molar-refractivity contribution >= 4 is 11.8 Å². The number of aromatic nitrogens is 2. The Morgan fingerprint density at radius 3 is 2.39 bits per heavy atom. The van der Waals surface area contributed by atoms with Crippen molar-refractivity contribution < 1.29 is 27.5 Å². The SMILES string of the molecule is O=C(NC(c1ccccn1)C(F)(F)F)c1nc(C(=O)N2C[C@@H]3C[C@H]2CO3)c2cccccc1-2. The van der Waals surface area contributed by atoms with Crippen LogP contribution < -0.4 is 5.32 Å². The molecule has 170 valence electrons. The van der Waals surface area contributed by atoms with E-state index < -0.39 is 18.1 Å². The molecular formula is C23H19F3N4O3. The van der Waals surface area contributed by atoms with Gasteiger partial charge in [0, 0.05) is 23.9 Å². The van der Waals surface area contributed by atoms with Gasteiger partial charge in [0.2, 0.25) is 0 Å². The molecule has 10 heteroatoms. The lowest BCUT2D eigenvalue weighted by atomic mass is 10.1. The standard InChI is InChI=1S/C23H19F3N4O3/c24-23(25,26)20(17-8-4-5-9-27-17)29-21(31)18-15-6-2-1-3-7-16(15)19(28-18)22(32)30-11-14-10-13(30)12-33-14/h1-9,13-14,20H,10-12H2,(H,29,31)/t13-,14-,20?/m0/s1. The van der Waals surface area contributed by atoms with Crippen molar-refractivity contribution in [3.8, 4) is 11.1 Å². The normalized spacial score (nSPS) is 20.8. The Morgan fingerprint density at radius 2 is 1.79 bits per heavy atom. The largest absolute Gasteiger partial charge is 0.414 e. The second-order valence-corrected chi connectivity index (χ2v) is 8.05. The fourth-order valence-corrected chi connectivity index (χ4v) is 4.38. The van der Waals surface area contributed by atoms with E-state index in [1.807, 2.05) is 5.32 Å². The number of rotatable bonds is 4. The van der Waals surface area contributed by atoms with Crippen LogP contribution >= 0.6 is 0 Å². The van der Waals surface area contributed by atoms with E-state index in [1.165, 1.54) is 24.4 Å². The molecule has 4 heterocycles. The molecular weight excluding hydrogens is 437 g/mol. The molecule has 1 aromatic rings. The minimum absolute atomic E-state index is 0.0232. The summed E-state index contributed by atoms with van der Waals surface area (Å²) in [6.07, 6.45) is -2.83. The van der Waals surface area contributed by atoms with E-state index in [0.29, 0.717) is 24.3 Å². The lowest BCUT2D eigenvalue weighted by Crippen LogP contribution is -2.41. The smallest absolute Gasteiger partial charge is 0.374 e. The van der Waals surface area contributed by atoms with Crippen molar-refractivity contribution in [3.05, 3.63) is 71.8 Å². The van der Waals surface area contributed by atoms with Crippen LogP contribution in [0.15, 0.2) is 54.7 Å². The Bertz CT molecular complexity index is 1170. The first-order chi connectivity index (χ1) is 15.8. The van der Waals surface area contributed by atoms with Gasteiger partial charge in [-0.05, 0) is 18.6 Å². The molecule has 1 aromatic heterocycles. The van der Waals surface area contributed by atoms with E-state index in [0.717, 1.165) is 6.42 Å². The number of pyridine rings is 1. The van der Waals surface area contributed by atoms with Gasteiger partial charge in [0.25, 0.3) is 11.8 Å². The number of amides is 2. The number of hydrogen-bond donors (Lipinski definition) is 1. The summed E-state index contributed by atoms with van der Waals surface area (Å²) in [6, 6.07) is 9.93. The number of nitrogens with one attached hydrogen (secondary N) is 1. The summed E-state index contributed by atoms with van der Waals surface area (Å²) in [5, 5.41) is 2.01. The molecule has 3 aliphatic heterocycles. The number of morpholine rings is 1. The van der Waals surface area contributed by atoms with Crippen molar-refractivity contribution in [2.75, 3.05) is 13.2 Å². The minimum Gasteiger partial charge on any atom is -0.374 e. The van der Waals surface area contributed by atoms with Crippen molar-refractivity contribution in [2.24, 2.45) is 0 Å². The Hall–Kier alpha value is -3.53. The number of nitrogens with zero attached hydrogens (tertiary/aromatic N) is 3. The van der Waals surface area contributed by atoms with Crippen LogP contribution in [-0.2, 0) is 4.74 Å². The Morgan fingerprint density at radius 1 is 1.06 bits per heavy atom. The van der Waals surface area contributed by atoms with Gasteiger partial charge in [0.05, 0.1) is 24.4 Å². The van der Waals surface area contributed by atoms with E-state index in [9.17, 15) is 22.8 Å². The first kappa shape index (κ1) is 21.3. The van der Waals surface area contributed by atoms with Crippen molar-refractivity contribution in [2.45, 2.75) is 30.8 Å². The van der Waals surface area contributed by atoms with E-state index in [-0.39, 0.29) is 35.1 Å². The average molecular weight is 456 g/mol. The molecule has 0 spiro atoms. The molecule has 33 heavy (non-hydrogen) atoms.